The van der Waals surface area contributed by atoms with Gasteiger partial charge >= 0.3 is 6.09 Å². The average Bonchev–Trinajstić information content (AvgIpc) is 2.14. The maximum atomic E-state index is 11.8. The second-order valence-corrected chi connectivity index (χ2v) is 4.86. The fourth-order valence-electron chi connectivity index (χ4n) is 1.28. The number of carbonyl (C=O) groups is 2. The van der Waals surface area contributed by atoms with Crippen LogP contribution in [0.15, 0.2) is 0 Å². The molecule has 1 atom stereocenters. The first-order chi connectivity index (χ1) is 7.68. The maximum Gasteiger partial charge on any atom is 0.405 e. The minimum absolute atomic E-state index is 0.169. The van der Waals surface area contributed by atoms with E-state index in [-0.39, 0.29) is 5.92 Å². The molecule has 2 amide bonds. The highest BCUT2D eigenvalue weighted by Gasteiger charge is 2.27. The zero-order chi connectivity index (χ0) is 13.6. The van der Waals surface area contributed by atoms with Crippen LogP contribution >= 0.6 is 0 Å². The van der Waals surface area contributed by atoms with Gasteiger partial charge in [0.25, 0.3) is 0 Å². The Morgan fingerprint density at radius 2 is 1.94 bits per heavy atom. The number of carboxylic acid groups (broad SMARTS) is 1. The molecule has 0 spiro atoms. The van der Waals surface area contributed by atoms with E-state index in [1.165, 1.54) is 0 Å². The van der Waals surface area contributed by atoms with Crippen LogP contribution in [-0.2, 0) is 4.79 Å². The molecule has 0 aromatic carbocycles. The summed E-state index contributed by atoms with van der Waals surface area (Å²) in [6.07, 6.45) is -0.861. The predicted molar refractivity (Wildman–Crippen MR) is 62.2 cm³/mol. The minimum Gasteiger partial charge on any atom is -0.465 e. The first kappa shape index (κ1) is 15.2. The van der Waals surface area contributed by atoms with Crippen LogP contribution in [0.3, 0.4) is 0 Å². The van der Waals surface area contributed by atoms with Gasteiger partial charge in [0.05, 0.1) is 6.07 Å². The molecule has 17 heavy (non-hydrogen) atoms. The van der Waals surface area contributed by atoms with Crippen LogP contribution in [0, 0.1) is 17.2 Å². The van der Waals surface area contributed by atoms with E-state index < -0.39 is 23.6 Å². The van der Waals surface area contributed by atoms with Gasteiger partial charge in [0.1, 0.15) is 11.6 Å². The second-order valence-electron chi connectivity index (χ2n) is 4.86. The Balaban J connectivity index is 4.64. The molecule has 0 saturated carbocycles. The molecule has 0 aliphatic heterocycles. The topological polar surface area (TPSA) is 102 Å². The van der Waals surface area contributed by atoms with Crippen LogP contribution in [0.1, 0.15) is 34.1 Å². The Labute approximate surface area is 101 Å². The average molecular weight is 241 g/mol. The third-order valence-electron chi connectivity index (χ3n) is 2.04. The quantitative estimate of drug-likeness (QED) is 0.670. The number of hydrogen-bond acceptors (Lipinski definition) is 3. The van der Waals surface area contributed by atoms with Crippen molar-refractivity contribution in [3.05, 3.63) is 0 Å². The highest BCUT2D eigenvalue weighted by atomic mass is 16.4. The molecule has 0 heterocycles. The molecular weight excluding hydrogens is 222 g/mol. The number of hydrogen-bond donors (Lipinski definition) is 3. The molecule has 6 nitrogen and oxygen atoms in total. The first-order valence-electron chi connectivity index (χ1n) is 5.40. The molecule has 0 aliphatic carbocycles. The van der Waals surface area contributed by atoms with E-state index in [1.807, 2.05) is 19.9 Å². The summed E-state index contributed by atoms with van der Waals surface area (Å²) in [6, 6.07) is 1.09. The lowest BCUT2D eigenvalue weighted by atomic mass is 10.0. The molecule has 0 bridgehead atoms. The van der Waals surface area contributed by atoms with Crippen LogP contribution in [-0.4, -0.2) is 28.7 Å². The van der Waals surface area contributed by atoms with Crippen molar-refractivity contribution in [2.45, 2.75) is 45.7 Å². The first-order valence-corrected chi connectivity index (χ1v) is 5.40. The summed E-state index contributed by atoms with van der Waals surface area (Å²) in [5.74, 6) is -0.310. The van der Waals surface area contributed by atoms with Crippen molar-refractivity contribution in [2.75, 3.05) is 0 Å². The van der Waals surface area contributed by atoms with Gasteiger partial charge in [-0.05, 0) is 26.2 Å². The van der Waals surface area contributed by atoms with E-state index in [4.69, 9.17) is 10.4 Å². The Hall–Kier alpha value is -1.77. The summed E-state index contributed by atoms with van der Waals surface area (Å²) >= 11 is 0. The smallest absolute Gasteiger partial charge is 0.405 e. The lowest BCUT2D eigenvalue weighted by Gasteiger charge is -2.23. The standard InChI is InChI=1S/C11H19N3O3/c1-7(2)5-8(13-10(16)17)9(15)14-11(3,4)6-12/h7-8,13H,5H2,1-4H3,(H,14,15)(H,16,17). The molecule has 0 rings (SSSR count). The van der Waals surface area contributed by atoms with E-state index in [2.05, 4.69) is 10.6 Å². The SMILES string of the molecule is CC(C)CC(NC(=O)O)C(=O)NC(C)(C)C#N. The molecule has 3 N–H and O–H groups in total. The van der Waals surface area contributed by atoms with Gasteiger partial charge in [-0.25, -0.2) is 4.79 Å². The van der Waals surface area contributed by atoms with E-state index >= 15 is 0 Å². The monoisotopic (exact) mass is 241 g/mol. The fraction of sp³-hybridized carbons (Fsp3) is 0.727. The number of nitrogens with zero attached hydrogens (tertiary/aromatic N) is 1. The summed E-state index contributed by atoms with van der Waals surface area (Å²) in [5.41, 5.74) is -1.01. The van der Waals surface area contributed by atoms with Gasteiger partial charge in [-0.1, -0.05) is 13.8 Å². The minimum atomic E-state index is -1.25. The van der Waals surface area contributed by atoms with E-state index in [9.17, 15) is 9.59 Å². The van der Waals surface area contributed by atoms with Gasteiger partial charge in [0.15, 0.2) is 0 Å². The van der Waals surface area contributed by atoms with Crippen molar-refractivity contribution in [3.8, 4) is 6.07 Å². The van der Waals surface area contributed by atoms with Gasteiger partial charge in [-0.2, -0.15) is 5.26 Å². The Morgan fingerprint density at radius 3 is 2.29 bits per heavy atom. The molecule has 0 radical (unpaired) electrons. The molecule has 0 fully saturated rings. The second kappa shape index (κ2) is 6.09. The van der Waals surface area contributed by atoms with Crippen molar-refractivity contribution in [1.82, 2.24) is 10.6 Å². The number of nitrogens with one attached hydrogen (secondary N) is 2. The van der Waals surface area contributed by atoms with Gasteiger partial charge in [0, 0.05) is 0 Å². The van der Waals surface area contributed by atoms with Crippen molar-refractivity contribution in [2.24, 2.45) is 5.92 Å². The van der Waals surface area contributed by atoms with Crippen LogP contribution in [0.25, 0.3) is 0 Å². The van der Waals surface area contributed by atoms with Crippen LogP contribution < -0.4 is 10.6 Å². The summed E-state index contributed by atoms with van der Waals surface area (Å²) in [5, 5.41) is 22.1. The van der Waals surface area contributed by atoms with Crippen molar-refractivity contribution < 1.29 is 14.7 Å². The van der Waals surface area contributed by atoms with Crippen LogP contribution in [0.5, 0.6) is 0 Å². The highest BCUT2D eigenvalue weighted by Crippen LogP contribution is 2.07. The van der Waals surface area contributed by atoms with E-state index in [0.717, 1.165) is 0 Å². The predicted octanol–water partition coefficient (Wildman–Crippen LogP) is 1.09. The van der Waals surface area contributed by atoms with Gasteiger partial charge < -0.3 is 15.7 Å². The summed E-state index contributed by atoms with van der Waals surface area (Å²) in [6.45, 7) is 6.88. The lowest BCUT2D eigenvalue weighted by Crippen LogP contribution is -2.52. The molecule has 0 aromatic rings. The van der Waals surface area contributed by atoms with Gasteiger partial charge in [-0.3, -0.25) is 4.79 Å². The van der Waals surface area contributed by atoms with Crippen LogP contribution in [0.4, 0.5) is 4.79 Å². The maximum absolute atomic E-state index is 11.8. The van der Waals surface area contributed by atoms with E-state index in [0.29, 0.717) is 6.42 Å². The lowest BCUT2D eigenvalue weighted by molar-refractivity contribution is -0.124. The van der Waals surface area contributed by atoms with Crippen molar-refractivity contribution >= 4 is 12.0 Å². The van der Waals surface area contributed by atoms with Crippen molar-refractivity contribution in [1.29, 1.82) is 5.26 Å². The summed E-state index contributed by atoms with van der Waals surface area (Å²) < 4.78 is 0. The normalized spacial score (nSPS) is 12.7. The third kappa shape index (κ3) is 6.40. The molecule has 96 valence electrons. The summed E-state index contributed by atoms with van der Waals surface area (Å²) in [4.78, 5) is 22.4. The molecule has 6 heteroatoms. The molecule has 1 unspecified atom stereocenters. The zero-order valence-corrected chi connectivity index (χ0v) is 10.6. The number of rotatable bonds is 5. The number of carbonyl (C=O) groups excluding carboxylic acids is 1. The van der Waals surface area contributed by atoms with Gasteiger partial charge in [0.2, 0.25) is 5.91 Å². The van der Waals surface area contributed by atoms with E-state index in [1.54, 1.807) is 13.8 Å². The Morgan fingerprint density at radius 1 is 1.41 bits per heavy atom. The number of amides is 2. The van der Waals surface area contributed by atoms with Crippen LogP contribution in [0.2, 0.25) is 0 Å². The number of nitriles is 1. The molecule has 0 saturated heterocycles. The Bertz CT molecular complexity index is 331. The molecule has 0 aliphatic rings. The van der Waals surface area contributed by atoms with Crippen molar-refractivity contribution in [3.63, 3.8) is 0 Å². The summed E-state index contributed by atoms with van der Waals surface area (Å²) in [7, 11) is 0. The third-order valence-corrected chi connectivity index (χ3v) is 2.04. The largest absolute Gasteiger partial charge is 0.465 e. The fourth-order valence-corrected chi connectivity index (χ4v) is 1.28. The highest BCUT2D eigenvalue weighted by molar-refractivity contribution is 5.86. The molecular formula is C11H19N3O3. The Kier molecular flexibility index (Phi) is 5.45. The van der Waals surface area contributed by atoms with Gasteiger partial charge in [-0.15, -0.1) is 0 Å². The molecule has 0 aromatic heterocycles. The zero-order valence-electron chi connectivity index (χ0n) is 10.6.